The highest BCUT2D eigenvalue weighted by Gasteiger charge is 2.64. The lowest BCUT2D eigenvalue weighted by atomic mass is 9.88. The van der Waals surface area contributed by atoms with Gasteiger partial charge in [0.25, 0.3) is 0 Å². The van der Waals surface area contributed by atoms with Crippen molar-refractivity contribution in [3.63, 3.8) is 0 Å². The van der Waals surface area contributed by atoms with Gasteiger partial charge in [-0.15, -0.1) is 0 Å². The number of nitrogens with zero attached hydrogens (tertiary/aromatic N) is 2. The van der Waals surface area contributed by atoms with Gasteiger partial charge in [-0.3, -0.25) is 14.4 Å². The molecule has 0 radical (unpaired) electrons. The second-order valence-electron chi connectivity index (χ2n) is 8.12. The Morgan fingerprint density at radius 3 is 2.41 bits per heavy atom. The summed E-state index contributed by atoms with van der Waals surface area (Å²) < 4.78 is 10.7. The Kier molecular flexibility index (Phi) is 4.74. The molecule has 2 fully saturated rings. The number of benzene rings is 2. The molecule has 0 spiro atoms. The number of anilines is 2. The number of halogens is 1. The number of imide groups is 1. The molecule has 0 aliphatic carbocycles. The summed E-state index contributed by atoms with van der Waals surface area (Å²) in [7, 11) is 3.06. The quantitative estimate of drug-likeness (QED) is 0.662. The van der Waals surface area contributed by atoms with Gasteiger partial charge in [0.15, 0.2) is 5.78 Å². The first-order chi connectivity index (χ1) is 15.4. The van der Waals surface area contributed by atoms with E-state index in [0.717, 1.165) is 16.2 Å². The van der Waals surface area contributed by atoms with E-state index in [1.807, 2.05) is 35.3 Å². The summed E-state index contributed by atoms with van der Waals surface area (Å²) >= 11 is 6.15. The van der Waals surface area contributed by atoms with Crippen LogP contribution in [-0.4, -0.2) is 43.9 Å². The summed E-state index contributed by atoms with van der Waals surface area (Å²) in [6, 6.07) is 9.17. The Morgan fingerprint density at radius 1 is 0.969 bits per heavy atom. The minimum atomic E-state index is -0.800. The molecule has 0 bridgehead atoms. The fourth-order valence-corrected chi connectivity index (χ4v) is 5.38. The van der Waals surface area contributed by atoms with Crippen LogP contribution in [0.5, 0.6) is 11.5 Å². The maximum absolute atomic E-state index is 13.6. The van der Waals surface area contributed by atoms with Crippen LogP contribution in [0.25, 0.3) is 6.08 Å². The number of amides is 2. The lowest BCUT2D eigenvalue weighted by Crippen LogP contribution is -2.48. The van der Waals surface area contributed by atoms with Crippen molar-refractivity contribution in [2.45, 2.75) is 19.0 Å². The zero-order chi connectivity index (χ0) is 22.7. The van der Waals surface area contributed by atoms with Crippen molar-refractivity contribution in [2.24, 2.45) is 11.8 Å². The molecule has 164 valence electrons. The van der Waals surface area contributed by atoms with E-state index in [1.165, 1.54) is 20.1 Å². The molecule has 3 heterocycles. The molecular weight excluding hydrogens is 432 g/mol. The number of ketones is 1. The smallest absolute Gasteiger partial charge is 0.240 e. The average molecular weight is 453 g/mol. The summed E-state index contributed by atoms with van der Waals surface area (Å²) in [4.78, 5) is 43.1. The molecule has 5 rings (SSSR count). The van der Waals surface area contributed by atoms with E-state index < -0.39 is 29.8 Å². The van der Waals surface area contributed by atoms with Crippen LogP contribution in [0.1, 0.15) is 12.5 Å². The van der Waals surface area contributed by atoms with Gasteiger partial charge < -0.3 is 14.4 Å². The van der Waals surface area contributed by atoms with Crippen LogP contribution in [-0.2, 0) is 14.4 Å². The monoisotopic (exact) mass is 452 g/mol. The first-order valence-electron chi connectivity index (χ1n) is 10.2. The number of rotatable bonds is 4. The Labute approximate surface area is 190 Å². The third-order valence-electron chi connectivity index (χ3n) is 6.51. The first-order valence-corrected chi connectivity index (χ1v) is 10.6. The van der Waals surface area contributed by atoms with Gasteiger partial charge in [0.05, 0.1) is 37.8 Å². The van der Waals surface area contributed by atoms with Crippen molar-refractivity contribution in [1.82, 2.24) is 0 Å². The third-order valence-corrected chi connectivity index (χ3v) is 6.75. The molecule has 4 unspecified atom stereocenters. The van der Waals surface area contributed by atoms with Gasteiger partial charge in [0.1, 0.15) is 17.5 Å². The predicted octanol–water partition coefficient (Wildman–Crippen LogP) is 3.34. The summed E-state index contributed by atoms with van der Waals surface area (Å²) in [5, 5.41) is 0.378. The Morgan fingerprint density at radius 2 is 1.72 bits per heavy atom. The number of Topliss-reactive ketones (excluding diaryl/α,β-unsaturated/α-hetero) is 1. The van der Waals surface area contributed by atoms with Crippen molar-refractivity contribution in [3.05, 3.63) is 53.1 Å². The van der Waals surface area contributed by atoms with Gasteiger partial charge in [0.2, 0.25) is 11.8 Å². The Hall–Kier alpha value is -3.32. The lowest BCUT2D eigenvalue weighted by molar-refractivity contribution is -0.126. The molecule has 4 atom stereocenters. The van der Waals surface area contributed by atoms with E-state index in [9.17, 15) is 14.4 Å². The maximum Gasteiger partial charge on any atom is 0.240 e. The molecule has 0 aromatic heterocycles. The summed E-state index contributed by atoms with van der Waals surface area (Å²) in [6.45, 7) is 1.46. The number of carbonyl (C=O) groups excluding carboxylic acids is 3. The van der Waals surface area contributed by atoms with Gasteiger partial charge in [-0.2, -0.15) is 0 Å². The Balaban J connectivity index is 1.62. The molecule has 7 nitrogen and oxygen atoms in total. The standard InChI is InChI=1S/C24H21ClN2O5/c1-12(28)22-21-20(17-7-4-13-10-15(31-2)6-8-16(13)26(17)22)23(29)27(24(21)30)18-11-14(25)5-9-19(18)32-3/h4-11,17,20-22H,1-3H3. The number of carbonyl (C=O) groups is 3. The van der Waals surface area contributed by atoms with Crippen molar-refractivity contribution in [1.29, 1.82) is 0 Å². The molecule has 0 saturated carbocycles. The normalized spacial score (nSPS) is 25.5. The van der Waals surface area contributed by atoms with Crippen LogP contribution in [0.15, 0.2) is 42.5 Å². The highest BCUT2D eigenvalue weighted by molar-refractivity contribution is 6.32. The molecule has 3 aliphatic rings. The van der Waals surface area contributed by atoms with Gasteiger partial charge in [-0.05, 0) is 43.3 Å². The number of hydrogen-bond donors (Lipinski definition) is 0. The first kappa shape index (κ1) is 20.6. The molecule has 2 amide bonds. The molecular formula is C24H21ClN2O5. The summed E-state index contributed by atoms with van der Waals surface area (Å²) in [5.41, 5.74) is 1.98. The summed E-state index contributed by atoms with van der Waals surface area (Å²) in [6.07, 6.45) is 3.81. The largest absolute Gasteiger partial charge is 0.497 e. The fourth-order valence-electron chi connectivity index (χ4n) is 5.21. The van der Waals surface area contributed by atoms with Crippen molar-refractivity contribution >= 4 is 46.6 Å². The summed E-state index contributed by atoms with van der Waals surface area (Å²) in [5.74, 6) is -1.38. The van der Waals surface area contributed by atoms with Crippen molar-refractivity contribution < 1.29 is 23.9 Å². The van der Waals surface area contributed by atoms with Crippen LogP contribution < -0.4 is 19.3 Å². The van der Waals surface area contributed by atoms with E-state index in [0.29, 0.717) is 22.2 Å². The van der Waals surface area contributed by atoms with E-state index in [4.69, 9.17) is 21.1 Å². The average Bonchev–Trinajstić information content (AvgIpc) is 3.26. The molecule has 2 saturated heterocycles. The van der Waals surface area contributed by atoms with Crippen LogP contribution >= 0.6 is 11.6 Å². The van der Waals surface area contributed by atoms with Crippen LogP contribution in [0.2, 0.25) is 5.02 Å². The molecule has 0 N–H and O–H groups in total. The van der Waals surface area contributed by atoms with Gasteiger partial charge in [-0.1, -0.05) is 23.8 Å². The van der Waals surface area contributed by atoms with Gasteiger partial charge in [-0.25, -0.2) is 4.90 Å². The number of fused-ring (bicyclic) bond motifs is 5. The number of methoxy groups -OCH3 is 2. The minimum absolute atomic E-state index is 0.166. The van der Waals surface area contributed by atoms with E-state index in [2.05, 4.69) is 0 Å². The topological polar surface area (TPSA) is 76.1 Å². The zero-order valence-corrected chi connectivity index (χ0v) is 18.5. The van der Waals surface area contributed by atoms with Gasteiger partial charge in [0, 0.05) is 16.3 Å². The number of hydrogen-bond acceptors (Lipinski definition) is 6. The lowest BCUT2D eigenvalue weighted by Gasteiger charge is -2.36. The second kappa shape index (κ2) is 7.38. The van der Waals surface area contributed by atoms with Crippen molar-refractivity contribution in [2.75, 3.05) is 24.0 Å². The predicted molar refractivity (Wildman–Crippen MR) is 120 cm³/mol. The van der Waals surface area contributed by atoms with Gasteiger partial charge >= 0.3 is 0 Å². The van der Waals surface area contributed by atoms with E-state index in [-0.39, 0.29) is 11.7 Å². The molecule has 8 heteroatoms. The third kappa shape index (κ3) is 2.77. The second-order valence-corrected chi connectivity index (χ2v) is 8.55. The Bertz CT molecular complexity index is 1190. The highest BCUT2D eigenvalue weighted by atomic mass is 35.5. The fraction of sp³-hybridized carbons (Fsp3) is 0.292. The number of ether oxygens (including phenoxy) is 2. The zero-order valence-electron chi connectivity index (χ0n) is 17.7. The minimum Gasteiger partial charge on any atom is -0.497 e. The van der Waals surface area contributed by atoms with Crippen molar-refractivity contribution in [3.8, 4) is 11.5 Å². The van der Waals surface area contributed by atoms with Crippen LogP contribution in [0.3, 0.4) is 0 Å². The van der Waals surface area contributed by atoms with Crippen LogP contribution in [0.4, 0.5) is 11.4 Å². The van der Waals surface area contributed by atoms with E-state index >= 15 is 0 Å². The molecule has 3 aliphatic heterocycles. The maximum atomic E-state index is 13.6. The molecule has 2 aromatic carbocycles. The SMILES string of the molecule is COc1ccc2c(c1)C=CC1C3C(=O)N(c4cc(Cl)ccc4OC)C(=O)C3C(C(C)=O)N21. The van der Waals surface area contributed by atoms with E-state index in [1.54, 1.807) is 19.2 Å². The molecule has 2 aromatic rings. The molecule has 32 heavy (non-hydrogen) atoms. The highest BCUT2D eigenvalue weighted by Crippen LogP contribution is 2.50. The van der Waals surface area contributed by atoms with Crippen LogP contribution in [0, 0.1) is 11.8 Å².